The molecule has 10 heteroatoms. The lowest BCUT2D eigenvalue weighted by Crippen LogP contribution is -2.43. The predicted octanol–water partition coefficient (Wildman–Crippen LogP) is 2.17. The lowest BCUT2D eigenvalue weighted by atomic mass is 10.00. The number of nitrogens with zero attached hydrogens (tertiary/aromatic N) is 1. The Labute approximate surface area is 149 Å². The largest absolute Gasteiger partial charge is 0.471 e. The number of rotatable bonds is 6. The highest BCUT2D eigenvalue weighted by Crippen LogP contribution is 2.26. The second-order valence-electron chi connectivity index (χ2n) is 5.50. The van der Waals surface area contributed by atoms with Crippen molar-refractivity contribution < 1.29 is 26.4 Å². The van der Waals surface area contributed by atoms with Gasteiger partial charge in [-0.15, -0.1) is 0 Å². The highest BCUT2D eigenvalue weighted by Gasteiger charge is 2.43. The third-order valence-electron chi connectivity index (χ3n) is 3.77. The first-order chi connectivity index (χ1) is 11.6. The molecule has 0 unspecified atom stereocenters. The summed E-state index contributed by atoms with van der Waals surface area (Å²) in [5.74, 6) is -0.390. The summed E-state index contributed by atoms with van der Waals surface area (Å²) < 4.78 is 64.8. The Morgan fingerprint density at radius 3 is 2.68 bits per heavy atom. The van der Waals surface area contributed by atoms with E-state index in [0.717, 1.165) is 11.3 Å². The molecule has 2 rings (SSSR count). The van der Waals surface area contributed by atoms with Crippen LogP contribution >= 0.6 is 11.8 Å². The van der Waals surface area contributed by atoms with Crippen molar-refractivity contribution in [3.63, 3.8) is 0 Å². The highest BCUT2D eigenvalue weighted by molar-refractivity contribution is 7.99. The van der Waals surface area contributed by atoms with Gasteiger partial charge in [0.2, 0.25) is 10.0 Å². The summed E-state index contributed by atoms with van der Waals surface area (Å²) in [7, 11) is -3.73. The van der Waals surface area contributed by atoms with Crippen molar-refractivity contribution in [2.24, 2.45) is 0 Å². The van der Waals surface area contributed by atoms with E-state index < -0.39 is 22.1 Å². The molecule has 0 spiro atoms. The maximum Gasteiger partial charge on any atom is 0.471 e. The zero-order chi connectivity index (χ0) is 18.7. The number of carbonyl (C=O) groups is 1. The van der Waals surface area contributed by atoms with Gasteiger partial charge in [0.1, 0.15) is 0 Å². The molecule has 140 valence electrons. The van der Waals surface area contributed by atoms with Crippen molar-refractivity contribution in [1.29, 1.82) is 0 Å². The third kappa shape index (κ3) is 5.11. The first-order valence-corrected chi connectivity index (χ1v) is 10.3. The van der Waals surface area contributed by atoms with Gasteiger partial charge in [0.15, 0.2) is 0 Å². The van der Waals surface area contributed by atoms with Gasteiger partial charge >= 0.3 is 12.1 Å². The molecule has 0 aromatic heterocycles. The summed E-state index contributed by atoms with van der Waals surface area (Å²) >= 11 is 1.59. The van der Waals surface area contributed by atoms with Gasteiger partial charge in [-0.25, -0.2) is 13.1 Å². The molecule has 0 saturated carbocycles. The van der Waals surface area contributed by atoms with E-state index >= 15 is 0 Å². The Hall–Kier alpha value is -1.26. The topological polar surface area (TPSA) is 66.5 Å². The van der Waals surface area contributed by atoms with Crippen LogP contribution in [0, 0.1) is 0 Å². The minimum atomic E-state index is -4.93. The molecule has 0 aliphatic carbocycles. The van der Waals surface area contributed by atoms with Crippen molar-refractivity contribution >= 4 is 27.7 Å². The van der Waals surface area contributed by atoms with Crippen molar-refractivity contribution in [2.75, 3.05) is 24.6 Å². The number of sulfonamides is 1. The third-order valence-corrected chi connectivity index (χ3v) is 6.13. The molecule has 1 N–H and O–H groups in total. The van der Waals surface area contributed by atoms with Gasteiger partial charge in [-0.2, -0.15) is 24.9 Å². The van der Waals surface area contributed by atoms with Crippen LogP contribution in [-0.4, -0.2) is 50.0 Å². The minimum Gasteiger partial charge on any atom is -0.330 e. The molecular formula is C15H19F3N2O3S2. The van der Waals surface area contributed by atoms with Crippen LogP contribution in [0.3, 0.4) is 0 Å². The fourth-order valence-electron chi connectivity index (χ4n) is 2.53. The normalized spacial score (nSPS) is 15.1. The zero-order valence-corrected chi connectivity index (χ0v) is 15.2. The van der Waals surface area contributed by atoms with E-state index in [0.29, 0.717) is 16.2 Å². The lowest BCUT2D eigenvalue weighted by Gasteiger charge is -2.29. The zero-order valence-electron chi connectivity index (χ0n) is 13.6. The molecule has 0 saturated heterocycles. The van der Waals surface area contributed by atoms with Crippen LogP contribution in [0.2, 0.25) is 0 Å². The summed E-state index contributed by atoms with van der Waals surface area (Å²) in [4.78, 5) is 12.1. The van der Waals surface area contributed by atoms with Crippen LogP contribution in [-0.2, 0) is 27.8 Å². The van der Waals surface area contributed by atoms with Gasteiger partial charge in [-0.05, 0) is 35.4 Å². The number of fused-ring (bicyclic) bond motifs is 1. The number of carbonyl (C=O) groups excluding carboxylic acids is 1. The van der Waals surface area contributed by atoms with Crippen LogP contribution < -0.4 is 4.72 Å². The number of benzene rings is 1. The fraction of sp³-hybridized carbons (Fsp3) is 0.533. The van der Waals surface area contributed by atoms with E-state index in [2.05, 4.69) is 4.72 Å². The van der Waals surface area contributed by atoms with E-state index in [-0.39, 0.29) is 31.0 Å². The molecule has 5 nitrogen and oxygen atoms in total. The summed E-state index contributed by atoms with van der Waals surface area (Å²) in [5, 5.41) is 0. The smallest absolute Gasteiger partial charge is 0.330 e. The maximum atomic E-state index is 12.6. The highest BCUT2D eigenvalue weighted by atomic mass is 32.2. The Kier molecular flexibility index (Phi) is 6.39. The van der Waals surface area contributed by atoms with Gasteiger partial charge in [0, 0.05) is 25.4 Å². The summed E-state index contributed by atoms with van der Waals surface area (Å²) in [6.45, 7) is 1.96. The molecule has 1 heterocycles. The van der Waals surface area contributed by atoms with E-state index in [4.69, 9.17) is 0 Å². The minimum absolute atomic E-state index is 0.00550. The van der Waals surface area contributed by atoms with Crippen molar-refractivity contribution in [3.8, 4) is 0 Å². The van der Waals surface area contributed by atoms with Gasteiger partial charge < -0.3 is 4.90 Å². The van der Waals surface area contributed by atoms with Crippen molar-refractivity contribution in [2.45, 2.75) is 31.0 Å². The van der Waals surface area contributed by atoms with Crippen molar-refractivity contribution in [1.82, 2.24) is 9.62 Å². The number of hydrogen-bond acceptors (Lipinski definition) is 4. The molecule has 1 aromatic rings. The number of alkyl halides is 3. The molecule has 1 aromatic carbocycles. The standard InChI is InChI=1S/C15H19F3N2O3S2/c1-2-24-8-6-19-25(22,23)13-4-3-11-5-7-20(10-12(11)9-13)14(21)15(16,17)18/h3-4,9,19H,2,5-8,10H2,1H3. The molecule has 1 aliphatic heterocycles. The van der Waals surface area contributed by atoms with Crippen LogP contribution in [0.15, 0.2) is 23.1 Å². The van der Waals surface area contributed by atoms with E-state index in [1.165, 1.54) is 12.1 Å². The Balaban J connectivity index is 2.15. The van der Waals surface area contributed by atoms with Crippen LogP contribution in [0.4, 0.5) is 13.2 Å². The van der Waals surface area contributed by atoms with Crippen molar-refractivity contribution in [3.05, 3.63) is 29.3 Å². The molecular weight excluding hydrogens is 377 g/mol. The van der Waals surface area contributed by atoms with Crippen LogP contribution in [0.1, 0.15) is 18.1 Å². The first-order valence-electron chi connectivity index (χ1n) is 7.70. The van der Waals surface area contributed by atoms with Crippen LogP contribution in [0.25, 0.3) is 0 Å². The van der Waals surface area contributed by atoms with Gasteiger partial charge in [-0.1, -0.05) is 13.0 Å². The van der Waals surface area contributed by atoms with Gasteiger partial charge in [-0.3, -0.25) is 4.79 Å². The molecule has 0 radical (unpaired) electrons. The molecule has 1 aliphatic rings. The molecule has 0 fully saturated rings. The van der Waals surface area contributed by atoms with E-state index in [1.54, 1.807) is 17.8 Å². The Morgan fingerprint density at radius 2 is 2.04 bits per heavy atom. The Bertz CT molecular complexity index is 736. The van der Waals surface area contributed by atoms with E-state index in [9.17, 15) is 26.4 Å². The molecule has 0 atom stereocenters. The Morgan fingerprint density at radius 1 is 1.32 bits per heavy atom. The SMILES string of the molecule is CCSCCNS(=O)(=O)c1ccc2c(c1)CN(C(=O)C(F)(F)F)CC2. The molecule has 1 amide bonds. The number of halogens is 3. The lowest BCUT2D eigenvalue weighted by molar-refractivity contribution is -0.186. The second-order valence-corrected chi connectivity index (χ2v) is 8.66. The number of hydrogen-bond donors (Lipinski definition) is 1. The van der Waals surface area contributed by atoms with Gasteiger partial charge in [0.05, 0.1) is 4.90 Å². The second kappa shape index (κ2) is 7.96. The number of amides is 1. The average Bonchev–Trinajstić information content (AvgIpc) is 2.56. The van der Waals surface area contributed by atoms with Crippen LogP contribution in [0.5, 0.6) is 0 Å². The fourth-order valence-corrected chi connectivity index (χ4v) is 4.28. The maximum absolute atomic E-state index is 12.6. The first kappa shape index (κ1) is 20.1. The predicted molar refractivity (Wildman–Crippen MR) is 89.8 cm³/mol. The summed E-state index contributed by atoms with van der Waals surface area (Å²) in [5.41, 5.74) is 1.18. The monoisotopic (exact) mass is 396 g/mol. The van der Waals surface area contributed by atoms with Gasteiger partial charge in [0.25, 0.3) is 0 Å². The molecule has 25 heavy (non-hydrogen) atoms. The summed E-state index contributed by atoms with van der Waals surface area (Å²) in [6.07, 6.45) is -4.67. The van der Waals surface area contributed by atoms with E-state index in [1.807, 2.05) is 6.92 Å². The average molecular weight is 396 g/mol. The quantitative estimate of drug-likeness (QED) is 0.749. The number of nitrogens with one attached hydrogen (secondary N) is 1. The number of thioether (sulfide) groups is 1. The summed E-state index contributed by atoms with van der Waals surface area (Å²) in [6, 6.07) is 4.38. The molecule has 0 bridgehead atoms.